The van der Waals surface area contributed by atoms with Crippen molar-refractivity contribution in [1.82, 2.24) is 9.38 Å². The molecule has 0 aliphatic carbocycles. The Morgan fingerprint density at radius 3 is 2.46 bits per heavy atom. The second-order valence-electron chi connectivity index (χ2n) is 11.0. The van der Waals surface area contributed by atoms with Gasteiger partial charge in [-0.3, -0.25) is 9.20 Å². The van der Waals surface area contributed by atoms with Gasteiger partial charge in [0.2, 0.25) is 0 Å². The normalized spacial score (nSPS) is 28.5. The van der Waals surface area contributed by atoms with Crippen LogP contribution in [0.1, 0.15) is 47.2 Å². The number of fused-ring (bicyclic) bond motifs is 2. The number of imidazole rings is 1. The second kappa shape index (κ2) is 8.84. The number of rotatable bonds is 5. The zero-order valence-electron chi connectivity index (χ0n) is 21.1. The third kappa shape index (κ3) is 4.75. The molecule has 0 N–H and O–H groups in total. The van der Waals surface area contributed by atoms with Crippen LogP contribution < -0.4 is 0 Å². The van der Waals surface area contributed by atoms with Crippen LogP contribution in [0.25, 0.3) is 5.65 Å². The van der Waals surface area contributed by atoms with Gasteiger partial charge in [-0.05, 0) is 32.0 Å². The molecule has 2 aliphatic heterocycles. The summed E-state index contributed by atoms with van der Waals surface area (Å²) in [5.74, 6) is -3.37. The van der Waals surface area contributed by atoms with E-state index < -0.39 is 44.2 Å². The van der Waals surface area contributed by atoms with Crippen molar-refractivity contribution in [3.8, 4) is 0 Å². The number of halogens is 3. The number of hydrogen-bond acceptors (Lipinski definition) is 7. The molecule has 0 unspecified atom stereocenters. The Morgan fingerprint density at radius 2 is 1.86 bits per heavy atom. The lowest BCUT2D eigenvalue weighted by Gasteiger charge is -2.38. The zero-order valence-corrected chi connectivity index (χ0v) is 24.3. The van der Waals surface area contributed by atoms with Crippen LogP contribution >= 0.6 is 34.8 Å². The van der Waals surface area contributed by atoms with E-state index >= 15 is 0 Å². The van der Waals surface area contributed by atoms with Gasteiger partial charge in [-0.2, -0.15) is 0 Å². The molecule has 8 nitrogen and oxygen atoms in total. The Bertz CT molecular complexity index is 1160. The van der Waals surface area contributed by atoms with Crippen LogP contribution in [0.3, 0.4) is 0 Å². The smallest absolute Gasteiger partial charge is 0.305 e. The molecule has 0 spiro atoms. The van der Waals surface area contributed by atoms with Gasteiger partial charge in [0.1, 0.15) is 28.7 Å². The lowest BCUT2D eigenvalue weighted by Crippen LogP contribution is -2.46. The van der Waals surface area contributed by atoms with Gasteiger partial charge >= 0.3 is 5.97 Å². The molecule has 4 atom stereocenters. The fourth-order valence-corrected chi connectivity index (χ4v) is 5.91. The van der Waals surface area contributed by atoms with Gasteiger partial charge < -0.3 is 23.4 Å². The second-order valence-corrected chi connectivity index (χ2v) is 16.9. The van der Waals surface area contributed by atoms with E-state index in [0.717, 1.165) is 0 Å². The van der Waals surface area contributed by atoms with E-state index in [1.807, 2.05) is 0 Å². The summed E-state index contributed by atoms with van der Waals surface area (Å²) in [5, 5.41) is 0.508. The number of carbonyl (C=O) groups excluding carboxylic acids is 1. The molecular weight excluding hydrogens is 535 g/mol. The lowest BCUT2D eigenvalue weighted by molar-refractivity contribution is -0.292. The maximum atomic E-state index is 12.5. The van der Waals surface area contributed by atoms with Gasteiger partial charge in [0, 0.05) is 19.2 Å². The maximum Gasteiger partial charge on any atom is 0.305 e. The maximum absolute atomic E-state index is 12.5. The largest absolute Gasteiger partial charge is 0.424 e. The first-order valence-corrected chi connectivity index (χ1v) is 15.4. The third-order valence-electron chi connectivity index (χ3n) is 6.85. The van der Waals surface area contributed by atoms with E-state index in [4.69, 9.17) is 58.2 Å². The predicted molar refractivity (Wildman–Crippen MR) is 136 cm³/mol. The van der Waals surface area contributed by atoms with Crippen LogP contribution in [-0.4, -0.2) is 54.4 Å². The first-order valence-electron chi connectivity index (χ1n) is 11.4. The summed E-state index contributed by atoms with van der Waals surface area (Å²) < 4.78 is 33.1. The average molecular weight is 566 g/mol. The van der Waals surface area contributed by atoms with Gasteiger partial charge in [-0.15, -0.1) is 0 Å². The Labute approximate surface area is 221 Å². The summed E-state index contributed by atoms with van der Waals surface area (Å²) in [4.78, 5) is 16.8. The molecular formula is C23H31Cl3N2O6Si. The van der Waals surface area contributed by atoms with Gasteiger partial charge in [0.05, 0.1) is 16.7 Å². The highest BCUT2D eigenvalue weighted by Crippen LogP contribution is 2.53. The minimum atomic E-state index is -2.13. The number of ether oxygens (including phenoxy) is 4. The monoisotopic (exact) mass is 564 g/mol. The molecule has 2 aromatic rings. The third-order valence-corrected chi connectivity index (χ3v) is 12.3. The fraction of sp³-hybridized carbons (Fsp3) is 0.652. The highest BCUT2D eigenvalue weighted by molar-refractivity contribution is 6.74. The van der Waals surface area contributed by atoms with Gasteiger partial charge in [0.25, 0.3) is 5.79 Å². The van der Waals surface area contributed by atoms with Gasteiger partial charge in [-0.25, -0.2) is 4.98 Å². The highest BCUT2D eigenvalue weighted by atomic mass is 35.5. The summed E-state index contributed by atoms with van der Waals surface area (Å²) in [7, 11) is -2.13. The Kier molecular flexibility index (Phi) is 6.85. The number of nitrogens with zero attached hydrogens (tertiary/aromatic N) is 2. The first-order chi connectivity index (χ1) is 16.0. The van der Waals surface area contributed by atoms with E-state index in [2.05, 4.69) is 38.8 Å². The first kappa shape index (κ1) is 27.1. The molecule has 2 aliphatic rings. The van der Waals surface area contributed by atoms with Gasteiger partial charge in [0.15, 0.2) is 20.2 Å². The van der Waals surface area contributed by atoms with Crippen LogP contribution in [-0.2, 0) is 34.0 Å². The van der Waals surface area contributed by atoms with Crippen molar-refractivity contribution in [3.63, 3.8) is 0 Å². The molecule has 12 heteroatoms. The zero-order chi connectivity index (χ0) is 26.1. The summed E-state index contributed by atoms with van der Waals surface area (Å²) in [6.07, 6.45) is -0.550. The minimum absolute atomic E-state index is 0.0136. The van der Waals surface area contributed by atoms with Gasteiger partial charge in [-0.1, -0.05) is 55.6 Å². The number of carbonyl (C=O) groups is 1. The lowest BCUT2D eigenvalue weighted by atomic mass is 10.0. The Hall–Kier alpha value is -0.913. The van der Waals surface area contributed by atoms with Crippen molar-refractivity contribution < 1.29 is 28.2 Å². The van der Waals surface area contributed by atoms with Crippen LogP contribution in [0.4, 0.5) is 0 Å². The number of hydrogen-bond donors (Lipinski definition) is 0. The summed E-state index contributed by atoms with van der Waals surface area (Å²) in [5.41, 5.74) is 0.646. The van der Waals surface area contributed by atoms with Crippen molar-refractivity contribution in [2.75, 3.05) is 6.61 Å². The van der Waals surface area contributed by atoms with E-state index in [0.29, 0.717) is 5.65 Å². The molecule has 35 heavy (non-hydrogen) atoms. The van der Waals surface area contributed by atoms with Crippen molar-refractivity contribution in [2.45, 2.75) is 89.6 Å². The standard InChI is InChI=1S/C23H31Cl3N2O6Si/c1-12(29)31-23(19-17(26)13(24)9-16-27-15(25)10-28(16)19)20-18(33-22(5,6)34-20)14(32-23)11-30-35(7,8)21(2,3)4/h9-10,14,18,20H,11H2,1-8H3/t14-,18-,20-,23+/m1/s1. The Balaban J connectivity index is 1.87. The number of aromatic nitrogens is 2. The van der Waals surface area contributed by atoms with Crippen LogP contribution in [0.2, 0.25) is 33.3 Å². The molecule has 0 bridgehead atoms. The van der Waals surface area contributed by atoms with Crippen molar-refractivity contribution in [2.24, 2.45) is 0 Å². The molecule has 0 aromatic carbocycles. The Morgan fingerprint density at radius 1 is 1.20 bits per heavy atom. The topological polar surface area (TPSA) is 80.5 Å². The van der Waals surface area contributed by atoms with Crippen molar-refractivity contribution in [3.05, 3.63) is 33.2 Å². The van der Waals surface area contributed by atoms with Crippen molar-refractivity contribution in [1.29, 1.82) is 0 Å². The molecule has 194 valence electrons. The molecule has 2 saturated heterocycles. The molecule has 0 amide bonds. The average Bonchev–Trinajstić information content (AvgIpc) is 3.29. The summed E-state index contributed by atoms with van der Waals surface area (Å²) in [6, 6.07) is 1.57. The van der Waals surface area contributed by atoms with Crippen LogP contribution in [0, 0.1) is 0 Å². The fourth-order valence-electron chi connectivity index (χ4n) is 4.25. The predicted octanol–water partition coefficient (Wildman–Crippen LogP) is 5.95. The van der Waals surface area contributed by atoms with Crippen LogP contribution in [0.5, 0.6) is 0 Å². The number of pyridine rings is 1. The molecule has 4 rings (SSSR count). The summed E-state index contributed by atoms with van der Waals surface area (Å²) >= 11 is 19.4. The van der Waals surface area contributed by atoms with E-state index in [-0.39, 0.29) is 32.5 Å². The minimum Gasteiger partial charge on any atom is -0.424 e. The van der Waals surface area contributed by atoms with E-state index in [1.165, 1.54) is 6.92 Å². The quantitative estimate of drug-likeness (QED) is 0.327. The van der Waals surface area contributed by atoms with Crippen molar-refractivity contribution >= 4 is 54.7 Å². The van der Waals surface area contributed by atoms with E-state index in [9.17, 15) is 4.79 Å². The van der Waals surface area contributed by atoms with E-state index in [1.54, 1.807) is 30.5 Å². The molecule has 0 saturated carbocycles. The molecule has 0 radical (unpaired) electrons. The van der Waals surface area contributed by atoms with Crippen LogP contribution in [0.15, 0.2) is 12.3 Å². The summed E-state index contributed by atoms with van der Waals surface area (Å²) in [6.45, 7) is 15.9. The molecule has 2 fully saturated rings. The molecule has 4 heterocycles. The highest BCUT2D eigenvalue weighted by Gasteiger charge is 2.67. The SMILES string of the molecule is CC(=O)O[C@@]1(c2c(Cl)c(Cl)cc3nc(Cl)cn23)O[C@H](CO[Si](C)(C)C(C)(C)C)[C@H]2OC(C)(C)O[C@H]21. The molecule has 2 aromatic heterocycles. The number of esters is 1.